The second-order valence-corrected chi connectivity index (χ2v) is 4.26. The predicted octanol–water partition coefficient (Wildman–Crippen LogP) is 3.13. The molecule has 0 aliphatic carbocycles. The Hall–Kier alpha value is -2.68. The Morgan fingerprint density at radius 2 is 1.30 bits per heavy atom. The monoisotopic (exact) mass is 264 g/mol. The van der Waals surface area contributed by atoms with Gasteiger partial charge < -0.3 is 4.57 Å². The van der Waals surface area contributed by atoms with Gasteiger partial charge in [-0.05, 0) is 11.1 Å². The van der Waals surface area contributed by atoms with Gasteiger partial charge in [0.25, 0.3) is 5.56 Å². The van der Waals surface area contributed by atoms with Crippen molar-refractivity contribution < 1.29 is 0 Å². The summed E-state index contributed by atoms with van der Waals surface area (Å²) < 4.78 is 1.42. The Morgan fingerprint density at radius 1 is 0.800 bits per heavy atom. The van der Waals surface area contributed by atoms with Gasteiger partial charge >= 0.3 is 0 Å². The highest BCUT2D eigenvalue weighted by atomic mass is 16.1. The van der Waals surface area contributed by atoms with Crippen molar-refractivity contribution in [3.8, 4) is 11.1 Å². The van der Waals surface area contributed by atoms with Crippen molar-refractivity contribution >= 4 is 0 Å². The number of hydrogen-bond donors (Lipinski definition) is 0. The van der Waals surface area contributed by atoms with Crippen molar-refractivity contribution in [3.63, 3.8) is 0 Å². The van der Waals surface area contributed by atoms with Crippen LogP contribution in [0.1, 0.15) is 0 Å². The zero-order valence-corrected chi connectivity index (χ0v) is 11.3. The molecule has 0 saturated carbocycles. The van der Waals surface area contributed by atoms with Crippen molar-refractivity contribution in [2.24, 2.45) is 7.05 Å². The second-order valence-electron chi connectivity index (χ2n) is 4.26. The van der Waals surface area contributed by atoms with Gasteiger partial charge in [-0.2, -0.15) is 0 Å². The van der Waals surface area contributed by atoms with E-state index in [1.165, 1.54) is 34.3 Å². The van der Waals surface area contributed by atoms with Crippen LogP contribution in [0.2, 0.25) is 0 Å². The summed E-state index contributed by atoms with van der Waals surface area (Å²) in [5, 5.41) is 0. The molecule has 0 bridgehead atoms. The topological polar surface area (TPSA) is 34.9 Å². The number of benzene rings is 2. The Morgan fingerprint density at radius 3 is 1.65 bits per heavy atom. The van der Waals surface area contributed by atoms with E-state index in [0.717, 1.165) is 0 Å². The van der Waals surface area contributed by atoms with Crippen molar-refractivity contribution in [2.45, 2.75) is 0 Å². The molecule has 0 saturated heterocycles. The lowest BCUT2D eigenvalue weighted by Gasteiger charge is -1.98. The molecule has 1 aromatic heterocycles. The molecule has 0 N–H and O–H groups in total. The molecular formula is C17H16N2O. The Balaban J connectivity index is 0.000000160. The van der Waals surface area contributed by atoms with Gasteiger partial charge in [-0.3, -0.25) is 4.79 Å². The SMILES string of the molecule is Cn1cnccc1=O.c1ccc(-c2ccccc2)cc1. The summed E-state index contributed by atoms with van der Waals surface area (Å²) in [5.41, 5.74) is 2.52. The standard InChI is InChI=1S/C12H10.C5H6N2O/c1-3-7-11(8-4-1)12-9-5-2-6-10-12;1-7-4-6-3-2-5(7)8/h1-10H;2-4H,1H3. The van der Waals surface area contributed by atoms with Crippen LogP contribution in [0.3, 0.4) is 0 Å². The molecule has 3 aromatic rings. The smallest absolute Gasteiger partial charge is 0.252 e. The summed E-state index contributed by atoms with van der Waals surface area (Å²) in [4.78, 5) is 14.2. The van der Waals surface area contributed by atoms with E-state index in [1.807, 2.05) is 12.1 Å². The molecule has 3 heteroatoms. The van der Waals surface area contributed by atoms with Gasteiger partial charge in [0, 0.05) is 19.3 Å². The lowest BCUT2D eigenvalue weighted by molar-refractivity contribution is 0.824. The third-order valence-corrected chi connectivity index (χ3v) is 2.77. The highest BCUT2D eigenvalue weighted by Gasteiger charge is 1.91. The third kappa shape index (κ3) is 3.92. The minimum Gasteiger partial charge on any atom is -0.302 e. The maximum absolute atomic E-state index is 10.5. The van der Waals surface area contributed by atoms with Gasteiger partial charge in [-0.25, -0.2) is 4.98 Å². The van der Waals surface area contributed by atoms with Gasteiger partial charge in [0.2, 0.25) is 0 Å². The van der Waals surface area contributed by atoms with Gasteiger partial charge in [-0.15, -0.1) is 0 Å². The first-order valence-corrected chi connectivity index (χ1v) is 6.34. The molecule has 0 amide bonds. The van der Waals surface area contributed by atoms with Crippen LogP contribution in [0.25, 0.3) is 11.1 Å². The van der Waals surface area contributed by atoms with Gasteiger partial charge in [-0.1, -0.05) is 60.7 Å². The van der Waals surface area contributed by atoms with Crippen LogP contribution < -0.4 is 5.56 Å². The maximum atomic E-state index is 10.5. The van der Waals surface area contributed by atoms with E-state index in [1.54, 1.807) is 7.05 Å². The lowest BCUT2D eigenvalue weighted by atomic mass is 10.1. The van der Waals surface area contributed by atoms with Crippen molar-refractivity contribution in [2.75, 3.05) is 0 Å². The Labute approximate surface area is 118 Å². The number of nitrogens with zero attached hydrogens (tertiary/aromatic N) is 2. The number of aryl methyl sites for hydroxylation is 1. The maximum Gasteiger partial charge on any atom is 0.252 e. The molecule has 1 heterocycles. The first-order valence-electron chi connectivity index (χ1n) is 6.34. The van der Waals surface area contributed by atoms with Crippen molar-refractivity contribution in [3.05, 3.63) is 89.6 Å². The first-order chi connectivity index (χ1) is 9.77. The molecule has 20 heavy (non-hydrogen) atoms. The fraction of sp³-hybridized carbons (Fsp3) is 0.0588. The van der Waals surface area contributed by atoms with Crippen LogP contribution >= 0.6 is 0 Å². The summed E-state index contributed by atoms with van der Waals surface area (Å²) in [5.74, 6) is 0. The van der Waals surface area contributed by atoms with Crippen LogP contribution in [0.4, 0.5) is 0 Å². The summed E-state index contributed by atoms with van der Waals surface area (Å²) in [6, 6.07) is 22.2. The Bertz CT molecular complexity index is 653. The number of hydrogen-bond acceptors (Lipinski definition) is 2. The minimum atomic E-state index is -0.0278. The van der Waals surface area contributed by atoms with E-state index < -0.39 is 0 Å². The molecule has 0 atom stereocenters. The number of rotatable bonds is 1. The zero-order chi connectivity index (χ0) is 14.2. The summed E-state index contributed by atoms with van der Waals surface area (Å²) in [6.07, 6.45) is 2.95. The van der Waals surface area contributed by atoms with Gasteiger partial charge in [0.15, 0.2) is 0 Å². The average molecular weight is 264 g/mol. The molecule has 2 aromatic carbocycles. The van der Waals surface area contributed by atoms with Crippen LogP contribution in [-0.4, -0.2) is 9.55 Å². The molecule has 100 valence electrons. The normalized spacial score (nSPS) is 9.45. The van der Waals surface area contributed by atoms with E-state index in [0.29, 0.717) is 0 Å². The van der Waals surface area contributed by atoms with E-state index in [9.17, 15) is 4.79 Å². The molecule has 0 spiro atoms. The Kier molecular flexibility index (Phi) is 4.84. The van der Waals surface area contributed by atoms with Crippen LogP contribution in [0, 0.1) is 0 Å². The third-order valence-electron chi connectivity index (χ3n) is 2.77. The quantitative estimate of drug-likeness (QED) is 0.677. The predicted molar refractivity (Wildman–Crippen MR) is 81.4 cm³/mol. The highest BCUT2D eigenvalue weighted by molar-refractivity contribution is 5.62. The van der Waals surface area contributed by atoms with Crippen molar-refractivity contribution in [1.82, 2.24) is 9.55 Å². The molecule has 0 radical (unpaired) electrons. The highest BCUT2D eigenvalue weighted by Crippen LogP contribution is 2.17. The molecule has 0 fully saturated rings. The second kappa shape index (κ2) is 7.04. The molecule has 0 unspecified atom stereocenters. The van der Waals surface area contributed by atoms with E-state index in [-0.39, 0.29) is 5.56 Å². The molecule has 3 rings (SSSR count). The van der Waals surface area contributed by atoms with Gasteiger partial charge in [0.1, 0.15) is 0 Å². The zero-order valence-electron chi connectivity index (χ0n) is 11.3. The fourth-order valence-corrected chi connectivity index (χ4v) is 1.68. The molecule has 0 aliphatic heterocycles. The van der Waals surface area contributed by atoms with Crippen LogP contribution in [0.15, 0.2) is 84.0 Å². The van der Waals surface area contributed by atoms with Crippen molar-refractivity contribution in [1.29, 1.82) is 0 Å². The fourth-order valence-electron chi connectivity index (χ4n) is 1.68. The summed E-state index contributed by atoms with van der Waals surface area (Å²) in [7, 11) is 1.66. The van der Waals surface area contributed by atoms with E-state index in [2.05, 4.69) is 53.5 Å². The summed E-state index contributed by atoms with van der Waals surface area (Å²) >= 11 is 0. The largest absolute Gasteiger partial charge is 0.302 e. The van der Waals surface area contributed by atoms with Crippen LogP contribution in [-0.2, 0) is 7.05 Å². The van der Waals surface area contributed by atoms with E-state index in [4.69, 9.17) is 0 Å². The summed E-state index contributed by atoms with van der Waals surface area (Å²) in [6.45, 7) is 0. The van der Waals surface area contributed by atoms with E-state index >= 15 is 0 Å². The minimum absolute atomic E-state index is 0.0278. The molecule has 3 nitrogen and oxygen atoms in total. The molecule has 0 aliphatic rings. The van der Waals surface area contributed by atoms with Gasteiger partial charge in [0.05, 0.1) is 6.33 Å². The number of aromatic nitrogens is 2. The first kappa shape index (κ1) is 13.7. The average Bonchev–Trinajstić information content (AvgIpc) is 2.53. The van der Waals surface area contributed by atoms with Crippen LogP contribution in [0.5, 0.6) is 0 Å². The molecular weight excluding hydrogens is 248 g/mol. The lowest BCUT2D eigenvalue weighted by Crippen LogP contribution is -2.13.